The van der Waals surface area contributed by atoms with Crippen molar-refractivity contribution in [1.29, 1.82) is 0 Å². The Morgan fingerprint density at radius 1 is 1.06 bits per heavy atom. The highest BCUT2D eigenvalue weighted by Crippen LogP contribution is 2.50. The molecule has 52 heavy (non-hydrogen) atoms. The minimum atomic E-state index is -0.791. The van der Waals surface area contributed by atoms with Gasteiger partial charge in [0.2, 0.25) is 0 Å². The Labute approximate surface area is 309 Å². The van der Waals surface area contributed by atoms with Crippen LogP contribution in [0.4, 0.5) is 5.69 Å². The lowest BCUT2D eigenvalue weighted by molar-refractivity contribution is -0.152. The number of aromatic hydroxyl groups is 2. The molecular formula is C41H60N4O7. The Kier molecular flexibility index (Phi) is 13.9. The van der Waals surface area contributed by atoms with Crippen LogP contribution < -0.4 is 25.8 Å². The zero-order chi connectivity index (χ0) is 37.1. The number of allylic oxidation sites excluding steroid dienone is 2. The van der Waals surface area contributed by atoms with Crippen molar-refractivity contribution in [2.24, 2.45) is 16.6 Å². The number of methoxy groups -OCH3 is 1. The van der Waals surface area contributed by atoms with Crippen LogP contribution in [0.1, 0.15) is 107 Å². The van der Waals surface area contributed by atoms with Crippen molar-refractivity contribution >= 4 is 17.4 Å². The lowest BCUT2D eigenvalue weighted by Gasteiger charge is -2.34. The van der Waals surface area contributed by atoms with Crippen LogP contribution in [0.5, 0.6) is 23.0 Å². The van der Waals surface area contributed by atoms with Crippen LogP contribution >= 0.6 is 0 Å². The zero-order valence-corrected chi connectivity index (χ0v) is 31.3. The molecule has 3 aliphatic rings. The molecule has 3 atom stereocenters. The van der Waals surface area contributed by atoms with E-state index in [-0.39, 0.29) is 40.7 Å². The minimum Gasteiger partial charge on any atom is -0.504 e. The van der Waals surface area contributed by atoms with E-state index in [0.29, 0.717) is 49.4 Å². The largest absolute Gasteiger partial charge is 0.504 e. The molecule has 7 N–H and O–H groups in total. The van der Waals surface area contributed by atoms with E-state index in [1.807, 2.05) is 25.3 Å². The number of ketones is 1. The molecule has 0 spiro atoms. The molecule has 3 saturated carbocycles. The Morgan fingerprint density at radius 2 is 1.83 bits per heavy atom. The Balaban J connectivity index is 1.33. The fraction of sp³-hybridized carbons (Fsp3) is 0.610. The molecule has 0 radical (unpaired) electrons. The van der Waals surface area contributed by atoms with Gasteiger partial charge in [-0.15, -0.1) is 0 Å². The number of aliphatic hydroxyl groups is 1. The van der Waals surface area contributed by atoms with E-state index in [0.717, 1.165) is 81.8 Å². The van der Waals surface area contributed by atoms with Gasteiger partial charge in [0, 0.05) is 26.4 Å². The summed E-state index contributed by atoms with van der Waals surface area (Å²) in [5.74, 6) is 1.25. The summed E-state index contributed by atoms with van der Waals surface area (Å²) in [5, 5.41) is 38.8. The first-order valence-corrected chi connectivity index (χ1v) is 19.2. The van der Waals surface area contributed by atoms with E-state index in [1.165, 1.54) is 13.5 Å². The van der Waals surface area contributed by atoms with E-state index >= 15 is 0 Å². The number of hydrogen-bond donors (Lipinski definition) is 6. The highest BCUT2D eigenvalue weighted by atomic mass is 16.6. The SMILES string of the molecule is CN=C(N)Nc1cc(C2(CC=CC(=O)CCc3ccc(O)c(OC)c3)CCCC2)cc(O[C@@]2(CNC)CC[C@H](C[C@H](O)OC3CCCCC3)C2)c1O. The third kappa shape index (κ3) is 10.2. The summed E-state index contributed by atoms with van der Waals surface area (Å²) in [6.45, 7) is 0.584. The van der Waals surface area contributed by atoms with Crippen molar-refractivity contribution in [2.75, 3.05) is 33.1 Å². The number of nitrogens with two attached hydrogens (primary N) is 1. The summed E-state index contributed by atoms with van der Waals surface area (Å²) in [6.07, 6.45) is 17.1. The first-order chi connectivity index (χ1) is 25.1. The van der Waals surface area contributed by atoms with Crippen LogP contribution in [0, 0.1) is 5.92 Å². The fourth-order valence-electron chi connectivity index (χ4n) is 8.60. The van der Waals surface area contributed by atoms with Crippen LogP contribution in [0.3, 0.4) is 0 Å². The normalized spacial score (nSPS) is 22.8. The summed E-state index contributed by atoms with van der Waals surface area (Å²) in [7, 11) is 5.00. The van der Waals surface area contributed by atoms with Gasteiger partial charge in [0.1, 0.15) is 5.60 Å². The number of nitrogens with zero attached hydrogens (tertiary/aromatic N) is 1. The first kappa shape index (κ1) is 39.4. The maximum atomic E-state index is 13.0. The van der Waals surface area contributed by atoms with Gasteiger partial charge in [-0.25, -0.2) is 0 Å². The fourth-order valence-corrected chi connectivity index (χ4v) is 8.60. The molecule has 0 saturated heterocycles. The number of aliphatic imine (C=N–C) groups is 1. The highest BCUT2D eigenvalue weighted by Gasteiger charge is 2.43. The molecule has 0 unspecified atom stereocenters. The first-order valence-electron chi connectivity index (χ1n) is 19.2. The summed E-state index contributed by atoms with van der Waals surface area (Å²) >= 11 is 0. The number of rotatable bonds is 17. The van der Waals surface area contributed by atoms with Gasteiger partial charge in [-0.05, 0) is 118 Å². The molecule has 3 aliphatic carbocycles. The van der Waals surface area contributed by atoms with Gasteiger partial charge >= 0.3 is 0 Å². The number of carbonyl (C=O) groups excluding carboxylic acids is 1. The molecule has 3 fully saturated rings. The average Bonchev–Trinajstić information content (AvgIpc) is 3.77. The van der Waals surface area contributed by atoms with Crippen LogP contribution in [0.25, 0.3) is 0 Å². The number of phenols is 2. The van der Waals surface area contributed by atoms with Crippen molar-refractivity contribution in [2.45, 2.75) is 126 Å². The number of benzene rings is 2. The number of phenolic OH excluding ortho intramolecular Hbond substituents is 2. The van der Waals surface area contributed by atoms with Crippen LogP contribution in [-0.2, 0) is 21.4 Å². The number of nitrogens with one attached hydrogen (secondary N) is 2. The van der Waals surface area contributed by atoms with Gasteiger partial charge in [0.25, 0.3) is 0 Å². The smallest absolute Gasteiger partial charge is 0.192 e. The molecule has 2 aromatic rings. The third-order valence-electron chi connectivity index (χ3n) is 11.4. The van der Waals surface area contributed by atoms with Crippen molar-refractivity contribution in [3.63, 3.8) is 0 Å². The van der Waals surface area contributed by atoms with Crippen molar-refractivity contribution < 1.29 is 34.3 Å². The number of anilines is 1. The number of ether oxygens (including phenoxy) is 3. The summed E-state index contributed by atoms with van der Waals surface area (Å²) in [5.41, 5.74) is 7.64. The van der Waals surface area contributed by atoms with Crippen LogP contribution in [-0.4, -0.2) is 72.8 Å². The standard InChI is InChI=1S/C41H60N4O7/c1-43-27-41(21-17-29(26-41)23-37(48)51-32-11-5-4-6-12-32)52-36-25-30(24-33(38(36)49)45-39(42)44-2)40(18-7-8-19-40)20-9-10-31(46)15-13-28-14-16-34(47)35(22-28)50-3/h9-10,14,16,22,24-25,29,32,37,43,47-49H,4-8,11-13,15,17-21,23,26-27H2,1-3H3,(H3,42,44,45)/t29-,37-,41+/m1/s1. The number of aliphatic hydroxyl groups excluding tert-OH is 1. The molecule has 11 nitrogen and oxygen atoms in total. The molecule has 0 aliphatic heterocycles. The van der Waals surface area contributed by atoms with E-state index in [2.05, 4.69) is 15.6 Å². The van der Waals surface area contributed by atoms with E-state index in [1.54, 1.807) is 31.3 Å². The Morgan fingerprint density at radius 3 is 2.54 bits per heavy atom. The Hall–Kier alpha value is -3.80. The Bertz CT molecular complexity index is 1550. The third-order valence-corrected chi connectivity index (χ3v) is 11.4. The molecule has 0 aromatic heterocycles. The molecule has 0 amide bonds. The minimum absolute atomic E-state index is 0.0281. The molecular weight excluding hydrogens is 660 g/mol. The predicted octanol–water partition coefficient (Wildman–Crippen LogP) is 6.62. The van der Waals surface area contributed by atoms with Gasteiger partial charge in [-0.1, -0.05) is 44.2 Å². The van der Waals surface area contributed by atoms with E-state index in [9.17, 15) is 20.1 Å². The second-order valence-corrected chi connectivity index (χ2v) is 15.2. The van der Waals surface area contributed by atoms with Gasteiger partial charge in [-0.3, -0.25) is 9.79 Å². The molecule has 286 valence electrons. The number of guanidine groups is 1. The topological polar surface area (TPSA) is 168 Å². The molecule has 11 heteroatoms. The van der Waals surface area contributed by atoms with Crippen LogP contribution in [0.15, 0.2) is 47.5 Å². The monoisotopic (exact) mass is 720 g/mol. The van der Waals surface area contributed by atoms with Gasteiger partial charge in [0.05, 0.1) is 18.9 Å². The maximum absolute atomic E-state index is 13.0. The second-order valence-electron chi connectivity index (χ2n) is 15.2. The number of aryl methyl sites for hydroxylation is 1. The number of carbonyl (C=O) groups is 1. The number of hydrogen-bond acceptors (Lipinski definition) is 9. The summed E-state index contributed by atoms with van der Waals surface area (Å²) in [6, 6.07) is 9.07. The lowest BCUT2D eigenvalue weighted by atomic mass is 9.75. The molecule has 5 rings (SSSR count). The molecule has 0 bridgehead atoms. The van der Waals surface area contributed by atoms with Crippen molar-refractivity contribution in [3.8, 4) is 23.0 Å². The van der Waals surface area contributed by atoms with Gasteiger partial charge in [0.15, 0.2) is 41.0 Å². The van der Waals surface area contributed by atoms with Gasteiger partial charge in [-0.2, -0.15) is 0 Å². The maximum Gasteiger partial charge on any atom is 0.192 e. The summed E-state index contributed by atoms with van der Waals surface area (Å²) in [4.78, 5) is 17.0. The van der Waals surface area contributed by atoms with Crippen molar-refractivity contribution in [1.82, 2.24) is 5.32 Å². The molecule has 2 aromatic carbocycles. The van der Waals surface area contributed by atoms with Crippen LogP contribution in [0.2, 0.25) is 0 Å². The van der Waals surface area contributed by atoms with E-state index in [4.69, 9.17) is 19.9 Å². The second kappa shape index (κ2) is 18.3. The summed E-state index contributed by atoms with van der Waals surface area (Å²) < 4.78 is 18.1. The highest BCUT2D eigenvalue weighted by molar-refractivity contribution is 5.94. The number of likely N-dealkylation sites (N-methyl/N-ethyl adjacent to an activating group) is 1. The predicted molar refractivity (Wildman–Crippen MR) is 204 cm³/mol. The van der Waals surface area contributed by atoms with Crippen molar-refractivity contribution in [3.05, 3.63) is 53.6 Å². The van der Waals surface area contributed by atoms with Gasteiger partial charge < -0.3 is 45.9 Å². The van der Waals surface area contributed by atoms with E-state index < -0.39 is 11.9 Å². The molecule has 0 heterocycles. The average molecular weight is 721 g/mol. The quantitative estimate of drug-likeness (QED) is 0.0344. The zero-order valence-electron chi connectivity index (χ0n) is 31.3. The lowest BCUT2D eigenvalue weighted by Crippen LogP contribution is -2.43.